The van der Waals surface area contributed by atoms with Crippen molar-refractivity contribution in [2.24, 2.45) is 23.2 Å². The van der Waals surface area contributed by atoms with Crippen molar-refractivity contribution in [1.29, 1.82) is 0 Å². The van der Waals surface area contributed by atoms with Crippen molar-refractivity contribution in [2.45, 2.75) is 65.2 Å². The van der Waals surface area contributed by atoms with Crippen LogP contribution in [0.25, 0.3) is 0 Å². The SMILES string of the molecule is CCOC(=O)CCN(CCCNC(C)=O)C(=O)C12CC3CC(CC(C3)C1)C2. The summed E-state index contributed by atoms with van der Waals surface area (Å²) in [4.78, 5) is 38.4. The van der Waals surface area contributed by atoms with Crippen LogP contribution in [0.3, 0.4) is 0 Å². The number of nitrogens with one attached hydrogen (secondary N) is 1. The summed E-state index contributed by atoms with van der Waals surface area (Å²) in [5, 5.41) is 2.79. The van der Waals surface area contributed by atoms with Crippen LogP contribution >= 0.6 is 0 Å². The second kappa shape index (κ2) is 8.61. The van der Waals surface area contributed by atoms with Crippen LogP contribution in [0.1, 0.15) is 65.2 Å². The van der Waals surface area contributed by atoms with Gasteiger partial charge in [-0.25, -0.2) is 0 Å². The fourth-order valence-electron chi connectivity index (χ4n) is 6.02. The number of hydrogen-bond donors (Lipinski definition) is 1. The van der Waals surface area contributed by atoms with E-state index in [0.717, 1.165) is 19.3 Å². The average molecular weight is 379 g/mol. The minimum atomic E-state index is -0.248. The molecule has 0 aromatic carbocycles. The Labute approximate surface area is 162 Å². The van der Waals surface area contributed by atoms with Crippen LogP contribution in [0.4, 0.5) is 0 Å². The summed E-state index contributed by atoms with van der Waals surface area (Å²) in [5.41, 5.74) is -0.197. The quantitative estimate of drug-likeness (QED) is 0.494. The predicted molar refractivity (Wildman–Crippen MR) is 102 cm³/mol. The highest BCUT2D eigenvalue weighted by Crippen LogP contribution is 2.60. The minimum Gasteiger partial charge on any atom is -0.466 e. The Kier molecular flexibility index (Phi) is 6.43. The Morgan fingerprint density at radius 3 is 2.15 bits per heavy atom. The maximum absolute atomic E-state index is 13.6. The summed E-state index contributed by atoms with van der Waals surface area (Å²) in [7, 11) is 0. The van der Waals surface area contributed by atoms with Gasteiger partial charge >= 0.3 is 5.97 Å². The van der Waals surface area contributed by atoms with Crippen LogP contribution in [-0.2, 0) is 19.1 Å². The van der Waals surface area contributed by atoms with E-state index in [0.29, 0.717) is 50.4 Å². The van der Waals surface area contributed by atoms with E-state index in [-0.39, 0.29) is 29.6 Å². The van der Waals surface area contributed by atoms with E-state index in [9.17, 15) is 14.4 Å². The molecule has 4 aliphatic carbocycles. The third-order valence-corrected chi connectivity index (χ3v) is 6.65. The normalized spacial score (nSPS) is 30.8. The Bertz CT molecular complexity index is 539. The Hall–Kier alpha value is -1.59. The molecule has 0 unspecified atom stereocenters. The molecule has 0 heterocycles. The number of carbonyl (C=O) groups excluding carboxylic acids is 3. The Morgan fingerprint density at radius 2 is 1.63 bits per heavy atom. The summed E-state index contributed by atoms with van der Waals surface area (Å²) in [6.45, 7) is 5.21. The van der Waals surface area contributed by atoms with Crippen molar-refractivity contribution in [3.05, 3.63) is 0 Å². The van der Waals surface area contributed by atoms with Gasteiger partial charge in [0.15, 0.2) is 0 Å². The first-order chi connectivity index (χ1) is 12.9. The highest BCUT2D eigenvalue weighted by atomic mass is 16.5. The molecule has 0 saturated heterocycles. The third-order valence-electron chi connectivity index (χ3n) is 6.65. The fourth-order valence-corrected chi connectivity index (χ4v) is 6.02. The fraction of sp³-hybridized carbons (Fsp3) is 0.857. The molecule has 6 heteroatoms. The molecular formula is C21H34N2O4. The van der Waals surface area contributed by atoms with E-state index < -0.39 is 0 Å². The van der Waals surface area contributed by atoms with Crippen molar-refractivity contribution in [3.63, 3.8) is 0 Å². The summed E-state index contributed by atoms with van der Waals surface area (Å²) < 4.78 is 5.04. The molecule has 6 nitrogen and oxygen atoms in total. The van der Waals surface area contributed by atoms with Crippen molar-refractivity contribution in [2.75, 3.05) is 26.2 Å². The first kappa shape index (κ1) is 20.2. The zero-order chi connectivity index (χ0) is 19.4. The highest BCUT2D eigenvalue weighted by Gasteiger charge is 2.55. The molecule has 0 aliphatic heterocycles. The van der Waals surface area contributed by atoms with Gasteiger partial charge in [-0.1, -0.05) is 0 Å². The monoisotopic (exact) mass is 378 g/mol. The number of esters is 1. The van der Waals surface area contributed by atoms with E-state index >= 15 is 0 Å². The van der Waals surface area contributed by atoms with Crippen molar-refractivity contribution in [1.82, 2.24) is 10.2 Å². The second-order valence-electron chi connectivity index (χ2n) is 8.88. The van der Waals surface area contributed by atoms with Gasteiger partial charge in [0.2, 0.25) is 11.8 Å². The van der Waals surface area contributed by atoms with Crippen molar-refractivity contribution < 1.29 is 19.1 Å². The number of rotatable bonds is 9. The van der Waals surface area contributed by atoms with Crippen LogP contribution in [-0.4, -0.2) is 48.9 Å². The molecule has 0 aromatic rings. The van der Waals surface area contributed by atoms with Crippen molar-refractivity contribution in [3.8, 4) is 0 Å². The van der Waals surface area contributed by atoms with Crippen LogP contribution < -0.4 is 5.32 Å². The lowest BCUT2D eigenvalue weighted by atomic mass is 9.49. The van der Waals surface area contributed by atoms with Crippen LogP contribution in [0.2, 0.25) is 0 Å². The second-order valence-corrected chi connectivity index (χ2v) is 8.88. The van der Waals surface area contributed by atoms with Gasteiger partial charge in [0.05, 0.1) is 18.4 Å². The molecule has 4 fully saturated rings. The molecule has 4 saturated carbocycles. The van der Waals surface area contributed by atoms with Gasteiger partial charge in [-0.05, 0) is 69.6 Å². The van der Waals surface area contributed by atoms with E-state index in [1.807, 2.05) is 4.90 Å². The number of ether oxygens (including phenoxy) is 1. The molecule has 4 rings (SSSR count). The molecule has 0 aromatic heterocycles. The van der Waals surface area contributed by atoms with Crippen LogP contribution in [0.15, 0.2) is 0 Å². The van der Waals surface area contributed by atoms with Gasteiger partial charge in [-0.2, -0.15) is 0 Å². The van der Waals surface area contributed by atoms with Gasteiger partial charge in [0, 0.05) is 26.6 Å². The first-order valence-corrected chi connectivity index (χ1v) is 10.6. The van der Waals surface area contributed by atoms with E-state index in [1.165, 1.54) is 26.2 Å². The largest absolute Gasteiger partial charge is 0.466 e. The molecule has 152 valence electrons. The lowest BCUT2D eigenvalue weighted by Crippen LogP contribution is -2.55. The maximum atomic E-state index is 13.6. The standard InChI is InChI=1S/C21H34N2O4/c1-3-27-19(25)5-8-23(7-4-6-22-15(2)24)20(26)21-12-16-9-17(13-21)11-18(10-16)14-21/h16-18H,3-14H2,1-2H3,(H,22,24). The summed E-state index contributed by atoms with van der Waals surface area (Å²) in [6, 6.07) is 0. The molecule has 4 aliphatic rings. The van der Waals surface area contributed by atoms with Crippen LogP contribution in [0, 0.1) is 23.2 Å². The topological polar surface area (TPSA) is 75.7 Å². The number of carbonyl (C=O) groups is 3. The van der Waals surface area contributed by atoms with Crippen molar-refractivity contribution >= 4 is 17.8 Å². The lowest BCUT2D eigenvalue weighted by Gasteiger charge is -2.56. The molecule has 4 bridgehead atoms. The van der Waals surface area contributed by atoms with Gasteiger partial charge in [0.25, 0.3) is 0 Å². The third kappa shape index (κ3) is 4.82. The van der Waals surface area contributed by atoms with Gasteiger partial charge in [-0.3, -0.25) is 14.4 Å². The molecule has 1 N–H and O–H groups in total. The smallest absolute Gasteiger partial charge is 0.307 e. The van der Waals surface area contributed by atoms with Crippen LogP contribution in [0.5, 0.6) is 0 Å². The molecular weight excluding hydrogens is 344 g/mol. The maximum Gasteiger partial charge on any atom is 0.307 e. The molecule has 0 spiro atoms. The predicted octanol–water partition coefficient (Wildman–Crippen LogP) is 2.51. The molecule has 27 heavy (non-hydrogen) atoms. The lowest BCUT2D eigenvalue weighted by molar-refractivity contribution is -0.158. The van der Waals surface area contributed by atoms with E-state index in [4.69, 9.17) is 4.74 Å². The van der Waals surface area contributed by atoms with E-state index in [2.05, 4.69) is 5.32 Å². The number of nitrogens with zero attached hydrogens (tertiary/aromatic N) is 1. The Morgan fingerprint density at radius 1 is 1.04 bits per heavy atom. The van der Waals surface area contributed by atoms with Gasteiger partial charge < -0.3 is 15.0 Å². The average Bonchev–Trinajstić information content (AvgIpc) is 2.59. The highest BCUT2D eigenvalue weighted by molar-refractivity contribution is 5.84. The molecule has 0 atom stereocenters. The zero-order valence-electron chi connectivity index (χ0n) is 16.8. The Balaban J connectivity index is 1.64. The first-order valence-electron chi connectivity index (χ1n) is 10.6. The van der Waals surface area contributed by atoms with Gasteiger partial charge in [0.1, 0.15) is 0 Å². The summed E-state index contributed by atoms with van der Waals surface area (Å²) in [6.07, 6.45) is 7.94. The minimum absolute atomic E-state index is 0.0551. The summed E-state index contributed by atoms with van der Waals surface area (Å²) in [5.74, 6) is 2.08. The number of amides is 2. The summed E-state index contributed by atoms with van der Waals surface area (Å²) >= 11 is 0. The van der Waals surface area contributed by atoms with E-state index in [1.54, 1.807) is 6.92 Å². The zero-order valence-corrected chi connectivity index (χ0v) is 16.8. The number of hydrogen-bond acceptors (Lipinski definition) is 4. The molecule has 0 radical (unpaired) electrons. The van der Waals surface area contributed by atoms with Gasteiger partial charge in [-0.15, -0.1) is 0 Å². The molecule has 2 amide bonds.